The smallest absolute Gasteiger partial charge is 0.109 e. The van der Waals surface area contributed by atoms with Crippen molar-refractivity contribution < 1.29 is 0 Å². The molecular formula is C38H24N2S. The van der Waals surface area contributed by atoms with E-state index in [1.54, 1.807) is 0 Å². The van der Waals surface area contributed by atoms with Gasteiger partial charge in [0.1, 0.15) is 4.83 Å². The van der Waals surface area contributed by atoms with Crippen molar-refractivity contribution in [3.8, 4) is 22.5 Å². The van der Waals surface area contributed by atoms with Crippen molar-refractivity contribution >= 4 is 64.3 Å². The molecule has 0 spiro atoms. The van der Waals surface area contributed by atoms with E-state index in [1.807, 2.05) is 11.3 Å². The van der Waals surface area contributed by atoms with Crippen LogP contribution in [-0.2, 0) is 0 Å². The molecule has 0 aliphatic rings. The number of aromatic nitrogens is 2. The molecule has 0 radical (unpaired) electrons. The Hall–Kier alpha value is -5.12. The number of para-hydroxylation sites is 2. The van der Waals surface area contributed by atoms with Crippen LogP contribution >= 0.6 is 11.3 Å². The Kier molecular flexibility index (Phi) is 4.80. The molecule has 3 heteroatoms. The molecule has 9 rings (SSSR count). The first-order chi connectivity index (χ1) is 20.3. The Morgan fingerprint density at radius 2 is 0.976 bits per heavy atom. The predicted octanol–water partition coefficient (Wildman–Crippen LogP) is 10.8. The van der Waals surface area contributed by atoms with Crippen molar-refractivity contribution in [1.82, 2.24) is 9.13 Å². The summed E-state index contributed by atoms with van der Waals surface area (Å²) >= 11 is 1.87. The SMILES string of the molecule is c1ccc(-c2ccc3c(c2)c2ccccc2n3-c2ccc(-n3c4ccccc4c4c5ccccc5sc43)cc2)cc1. The minimum Gasteiger partial charge on any atom is -0.309 e. The second-order valence-corrected chi connectivity index (χ2v) is 11.6. The lowest BCUT2D eigenvalue weighted by Crippen LogP contribution is -1.96. The molecule has 9 aromatic rings. The third-order valence-corrected chi connectivity index (χ3v) is 9.50. The number of rotatable bonds is 3. The van der Waals surface area contributed by atoms with Crippen LogP contribution in [0.2, 0.25) is 0 Å². The summed E-state index contributed by atoms with van der Waals surface area (Å²) in [6.07, 6.45) is 0. The fraction of sp³-hybridized carbons (Fsp3) is 0. The van der Waals surface area contributed by atoms with Crippen molar-refractivity contribution in [1.29, 1.82) is 0 Å². The van der Waals surface area contributed by atoms with E-state index in [4.69, 9.17) is 0 Å². The largest absolute Gasteiger partial charge is 0.309 e. The third kappa shape index (κ3) is 3.30. The van der Waals surface area contributed by atoms with E-state index in [-0.39, 0.29) is 0 Å². The molecule has 3 aromatic heterocycles. The molecule has 0 saturated heterocycles. The molecule has 41 heavy (non-hydrogen) atoms. The van der Waals surface area contributed by atoms with Gasteiger partial charge in [0, 0.05) is 43.0 Å². The van der Waals surface area contributed by atoms with Gasteiger partial charge in [-0.3, -0.25) is 0 Å². The van der Waals surface area contributed by atoms with Gasteiger partial charge >= 0.3 is 0 Å². The van der Waals surface area contributed by atoms with Gasteiger partial charge in [0.05, 0.1) is 16.6 Å². The van der Waals surface area contributed by atoms with Gasteiger partial charge in [-0.15, -0.1) is 11.3 Å². The van der Waals surface area contributed by atoms with Crippen LogP contribution in [0.15, 0.2) is 146 Å². The summed E-state index contributed by atoms with van der Waals surface area (Å²) < 4.78 is 6.15. The minimum absolute atomic E-state index is 1.16. The molecule has 0 unspecified atom stereocenters. The normalized spacial score (nSPS) is 11.9. The van der Waals surface area contributed by atoms with Gasteiger partial charge in [-0.1, -0.05) is 91.0 Å². The van der Waals surface area contributed by atoms with Gasteiger partial charge in [-0.2, -0.15) is 0 Å². The molecular weight excluding hydrogens is 516 g/mol. The second kappa shape index (κ2) is 8.69. The summed E-state index contributed by atoms with van der Waals surface area (Å²) in [5.74, 6) is 0. The first-order valence-electron chi connectivity index (χ1n) is 14.0. The summed E-state index contributed by atoms with van der Waals surface area (Å²) in [6.45, 7) is 0. The van der Waals surface area contributed by atoms with Crippen molar-refractivity contribution in [3.05, 3.63) is 146 Å². The van der Waals surface area contributed by atoms with Gasteiger partial charge in [0.25, 0.3) is 0 Å². The van der Waals surface area contributed by atoms with E-state index < -0.39 is 0 Å². The van der Waals surface area contributed by atoms with E-state index in [2.05, 4.69) is 155 Å². The fourth-order valence-electron chi connectivity index (χ4n) is 6.51. The first kappa shape index (κ1) is 22.7. The highest BCUT2D eigenvalue weighted by Crippen LogP contribution is 2.42. The summed E-state index contributed by atoms with van der Waals surface area (Å²) in [6, 6.07) is 52.8. The van der Waals surface area contributed by atoms with Crippen LogP contribution in [0.3, 0.4) is 0 Å². The Morgan fingerprint density at radius 3 is 1.76 bits per heavy atom. The monoisotopic (exact) mass is 540 g/mol. The molecule has 0 saturated carbocycles. The number of nitrogens with zero attached hydrogens (tertiary/aromatic N) is 2. The van der Waals surface area contributed by atoms with Gasteiger partial charge in [0.15, 0.2) is 0 Å². The van der Waals surface area contributed by atoms with Crippen LogP contribution in [0.4, 0.5) is 0 Å². The van der Waals surface area contributed by atoms with Gasteiger partial charge < -0.3 is 9.13 Å². The van der Waals surface area contributed by atoms with E-state index in [0.717, 1.165) is 5.69 Å². The molecule has 0 aliphatic heterocycles. The molecule has 0 amide bonds. The summed E-state index contributed by atoms with van der Waals surface area (Å²) in [7, 11) is 0. The first-order valence-corrected chi connectivity index (χ1v) is 14.8. The highest BCUT2D eigenvalue weighted by molar-refractivity contribution is 7.25. The fourth-order valence-corrected chi connectivity index (χ4v) is 7.76. The van der Waals surface area contributed by atoms with E-state index in [1.165, 1.54) is 69.8 Å². The van der Waals surface area contributed by atoms with Crippen LogP contribution in [-0.4, -0.2) is 9.13 Å². The summed E-state index contributed by atoms with van der Waals surface area (Å²) in [4.78, 5) is 1.30. The van der Waals surface area contributed by atoms with Gasteiger partial charge in [-0.05, 0) is 65.7 Å². The highest BCUT2D eigenvalue weighted by Gasteiger charge is 2.18. The minimum atomic E-state index is 1.16. The standard InChI is InChI=1S/C38H24N2S/c1-2-10-25(11-3-1)26-18-23-35-32(24-26)29-12-4-7-15-33(29)39(35)27-19-21-28(22-20-27)40-34-16-8-5-13-30(34)37-31-14-6-9-17-36(31)41-38(37)40/h1-24H. The molecule has 192 valence electrons. The Bertz CT molecular complexity index is 2400. The van der Waals surface area contributed by atoms with E-state index >= 15 is 0 Å². The highest BCUT2D eigenvalue weighted by atomic mass is 32.1. The van der Waals surface area contributed by atoms with Crippen molar-refractivity contribution in [3.63, 3.8) is 0 Å². The molecule has 0 bridgehead atoms. The number of hydrogen-bond acceptors (Lipinski definition) is 1. The molecule has 0 aliphatic carbocycles. The van der Waals surface area contributed by atoms with Crippen molar-refractivity contribution in [2.45, 2.75) is 0 Å². The maximum Gasteiger partial charge on any atom is 0.109 e. The molecule has 0 fully saturated rings. The maximum absolute atomic E-state index is 2.43. The van der Waals surface area contributed by atoms with Crippen molar-refractivity contribution in [2.24, 2.45) is 0 Å². The Labute approximate surface area is 240 Å². The van der Waals surface area contributed by atoms with Crippen LogP contribution < -0.4 is 0 Å². The van der Waals surface area contributed by atoms with Crippen molar-refractivity contribution in [2.75, 3.05) is 0 Å². The van der Waals surface area contributed by atoms with Crippen LogP contribution in [0.25, 0.3) is 75.5 Å². The average Bonchev–Trinajstić information content (AvgIpc) is 3.68. The van der Waals surface area contributed by atoms with Gasteiger partial charge in [-0.25, -0.2) is 0 Å². The van der Waals surface area contributed by atoms with E-state index in [0.29, 0.717) is 0 Å². The molecule has 3 heterocycles. The molecule has 6 aromatic carbocycles. The zero-order valence-corrected chi connectivity index (χ0v) is 23.0. The quantitative estimate of drug-likeness (QED) is 0.211. The third-order valence-electron chi connectivity index (χ3n) is 8.34. The molecule has 0 N–H and O–H groups in total. The molecule has 2 nitrogen and oxygen atoms in total. The van der Waals surface area contributed by atoms with Gasteiger partial charge in [0.2, 0.25) is 0 Å². The summed E-state index contributed by atoms with van der Waals surface area (Å²) in [5.41, 5.74) is 8.51. The zero-order chi connectivity index (χ0) is 26.9. The lowest BCUT2D eigenvalue weighted by atomic mass is 10.0. The van der Waals surface area contributed by atoms with Crippen LogP contribution in [0.5, 0.6) is 0 Å². The maximum atomic E-state index is 2.43. The number of benzene rings is 6. The van der Waals surface area contributed by atoms with Crippen LogP contribution in [0.1, 0.15) is 0 Å². The predicted molar refractivity (Wildman–Crippen MR) is 176 cm³/mol. The lowest BCUT2D eigenvalue weighted by molar-refractivity contribution is 1.15. The zero-order valence-electron chi connectivity index (χ0n) is 22.2. The van der Waals surface area contributed by atoms with Crippen LogP contribution in [0, 0.1) is 0 Å². The Balaban J connectivity index is 1.24. The molecule has 0 atom stereocenters. The number of thiophene rings is 1. The number of fused-ring (bicyclic) bond motifs is 8. The average molecular weight is 541 g/mol. The second-order valence-electron chi connectivity index (χ2n) is 10.6. The number of hydrogen-bond donors (Lipinski definition) is 0. The topological polar surface area (TPSA) is 9.86 Å². The Morgan fingerprint density at radius 1 is 0.390 bits per heavy atom. The summed E-state index contributed by atoms with van der Waals surface area (Å²) in [5, 5.41) is 6.53. The van der Waals surface area contributed by atoms with E-state index in [9.17, 15) is 0 Å². The lowest BCUT2D eigenvalue weighted by Gasteiger charge is -2.11.